The van der Waals surface area contributed by atoms with Crippen molar-refractivity contribution in [3.63, 3.8) is 0 Å². The van der Waals surface area contributed by atoms with E-state index >= 15 is 0 Å². The highest BCUT2D eigenvalue weighted by Gasteiger charge is 2.34. The summed E-state index contributed by atoms with van der Waals surface area (Å²) in [6.07, 6.45) is 4.55. The van der Waals surface area contributed by atoms with E-state index in [2.05, 4.69) is 41.5 Å². The van der Waals surface area contributed by atoms with E-state index in [-0.39, 0.29) is 11.7 Å². The van der Waals surface area contributed by atoms with Gasteiger partial charge < -0.3 is 25.1 Å². The second-order valence-electron chi connectivity index (χ2n) is 9.25. The lowest BCUT2D eigenvalue weighted by molar-refractivity contribution is 0.0560. The first-order chi connectivity index (χ1) is 16.7. The lowest BCUT2D eigenvalue weighted by Crippen LogP contribution is -2.50. The largest absolute Gasteiger partial charge is 0.481 e. The van der Waals surface area contributed by atoms with Gasteiger partial charge in [-0.05, 0) is 62.2 Å². The zero-order valence-electron chi connectivity index (χ0n) is 20.1. The first kappa shape index (κ1) is 24.9. The molecule has 0 unspecified atom stereocenters. The third-order valence-corrected chi connectivity index (χ3v) is 6.09. The first-order valence-corrected chi connectivity index (χ1v) is 12.2. The van der Waals surface area contributed by atoms with Crippen LogP contribution in [0.5, 0.6) is 5.88 Å². The van der Waals surface area contributed by atoms with E-state index in [0.717, 1.165) is 19.4 Å². The van der Waals surface area contributed by atoms with E-state index in [1.807, 2.05) is 20.8 Å². The SMILES string of the molecule is COc1cccc(C(=O)Nc2c[nH]c3ncc(Br)c(N(C(=O)OC(C)(C)C)[C@@H]4CCCNC4)c23)n1. The zero-order chi connectivity index (χ0) is 25.2. The van der Waals surface area contributed by atoms with Gasteiger partial charge in [0.25, 0.3) is 5.91 Å². The van der Waals surface area contributed by atoms with Gasteiger partial charge in [0.1, 0.15) is 16.9 Å². The van der Waals surface area contributed by atoms with Crippen LogP contribution in [0.15, 0.2) is 35.1 Å². The molecule has 0 aromatic carbocycles. The Bertz CT molecular complexity index is 1230. The Balaban J connectivity index is 1.79. The average Bonchev–Trinajstić information content (AvgIpc) is 3.23. The Morgan fingerprint density at radius 1 is 1.29 bits per heavy atom. The molecule has 11 heteroatoms. The second-order valence-corrected chi connectivity index (χ2v) is 10.1. The van der Waals surface area contributed by atoms with Gasteiger partial charge in [0.15, 0.2) is 0 Å². The van der Waals surface area contributed by atoms with Gasteiger partial charge in [-0.1, -0.05) is 6.07 Å². The number of anilines is 2. The molecule has 0 spiro atoms. The van der Waals surface area contributed by atoms with Gasteiger partial charge in [-0.15, -0.1) is 0 Å². The zero-order valence-corrected chi connectivity index (χ0v) is 21.7. The van der Waals surface area contributed by atoms with Crippen molar-refractivity contribution in [3.8, 4) is 5.88 Å². The molecule has 35 heavy (non-hydrogen) atoms. The van der Waals surface area contributed by atoms with E-state index in [1.54, 1.807) is 35.5 Å². The van der Waals surface area contributed by atoms with Crippen molar-refractivity contribution in [1.82, 2.24) is 20.3 Å². The van der Waals surface area contributed by atoms with Gasteiger partial charge in [-0.3, -0.25) is 9.69 Å². The summed E-state index contributed by atoms with van der Waals surface area (Å²) >= 11 is 3.59. The summed E-state index contributed by atoms with van der Waals surface area (Å²) in [5.41, 5.74) is 1.09. The normalized spacial score (nSPS) is 16.1. The number of pyridine rings is 2. The number of H-pyrrole nitrogens is 1. The molecule has 1 aliphatic rings. The Kier molecular flexibility index (Phi) is 7.27. The number of aromatic nitrogens is 3. The predicted octanol–water partition coefficient (Wildman–Crippen LogP) is 4.47. The van der Waals surface area contributed by atoms with Crippen LogP contribution >= 0.6 is 15.9 Å². The van der Waals surface area contributed by atoms with E-state index in [1.165, 1.54) is 7.11 Å². The van der Waals surface area contributed by atoms with E-state index in [0.29, 0.717) is 39.3 Å². The highest BCUT2D eigenvalue weighted by Crippen LogP contribution is 2.40. The van der Waals surface area contributed by atoms with Gasteiger partial charge in [-0.25, -0.2) is 14.8 Å². The number of ether oxygens (including phenoxy) is 2. The van der Waals surface area contributed by atoms with Gasteiger partial charge >= 0.3 is 6.09 Å². The lowest BCUT2D eigenvalue weighted by atomic mass is 10.0. The second kappa shape index (κ2) is 10.2. The highest BCUT2D eigenvalue weighted by atomic mass is 79.9. The van der Waals surface area contributed by atoms with Gasteiger partial charge in [-0.2, -0.15) is 0 Å². The van der Waals surface area contributed by atoms with Crippen molar-refractivity contribution in [3.05, 3.63) is 40.8 Å². The molecular formula is C24H29BrN6O4. The Labute approximate surface area is 211 Å². The number of hydrogen-bond donors (Lipinski definition) is 3. The fourth-order valence-corrected chi connectivity index (χ4v) is 4.51. The molecule has 1 aliphatic heterocycles. The topological polar surface area (TPSA) is 121 Å². The van der Waals surface area contributed by atoms with Crippen LogP contribution in [0.3, 0.4) is 0 Å². The van der Waals surface area contributed by atoms with Crippen LogP contribution in [0.2, 0.25) is 0 Å². The van der Waals surface area contributed by atoms with Crippen molar-refractivity contribution < 1.29 is 19.1 Å². The van der Waals surface area contributed by atoms with Crippen LogP contribution in [-0.4, -0.2) is 58.8 Å². The molecular weight excluding hydrogens is 516 g/mol. The van der Waals surface area contributed by atoms with Crippen molar-refractivity contribution in [2.75, 3.05) is 30.4 Å². The highest BCUT2D eigenvalue weighted by molar-refractivity contribution is 9.10. The standard InChI is InChI=1S/C24H29BrN6O4/c1-24(2,3)35-23(33)31(14-7-6-10-26-11-14)20-15(25)12-27-21-19(20)17(13-28-21)30-22(32)16-8-5-9-18(29-16)34-4/h5,8-9,12-14,26H,6-7,10-11H2,1-4H3,(H,27,28)(H,30,32)/t14-/m1/s1. The monoisotopic (exact) mass is 544 g/mol. The molecule has 2 amide bonds. The Hall–Kier alpha value is -3.18. The van der Waals surface area contributed by atoms with Gasteiger partial charge in [0, 0.05) is 25.0 Å². The number of piperidine rings is 1. The molecule has 186 valence electrons. The number of nitrogens with one attached hydrogen (secondary N) is 3. The summed E-state index contributed by atoms with van der Waals surface area (Å²) in [6.45, 7) is 7.02. The van der Waals surface area contributed by atoms with Gasteiger partial charge in [0.05, 0.1) is 34.4 Å². The summed E-state index contributed by atoms with van der Waals surface area (Å²) in [6, 6.07) is 4.82. The van der Waals surface area contributed by atoms with Crippen molar-refractivity contribution in [2.45, 2.75) is 45.3 Å². The number of hydrogen-bond acceptors (Lipinski definition) is 7. The third-order valence-electron chi connectivity index (χ3n) is 5.51. The number of rotatable bonds is 5. The molecule has 1 fully saturated rings. The Morgan fingerprint density at radius 3 is 2.77 bits per heavy atom. The number of nitrogens with zero attached hydrogens (tertiary/aromatic N) is 3. The number of aromatic amines is 1. The number of halogens is 1. The molecule has 1 saturated heterocycles. The number of fused-ring (bicyclic) bond motifs is 1. The molecule has 4 heterocycles. The minimum Gasteiger partial charge on any atom is -0.481 e. The van der Waals surface area contributed by atoms with E-state index in [9.17, 15) is 9.59 Å². The number of amides is 2. The first-order valence-electron chi connectivity index (χ1n) is 11.4. The van der Waals surface area contributed by atoms with Crippen molar-refractivity contribution >= 4 is 50.3 Å². The molecule has 3 N–H and O–H groups in total. The third kappa shape index (κ3) is 5.57. The summed E-state index contributed by atoms with van der Waals surface area (Å²) in [4.78, 5) is 40.0. The van der Waals surface area contributed by atoms with Gasteiger partial charge in [0.2, 0.25) is 5.88 Å². The van der Waals surface area contributed by atoms with Crippen LogP contribution in [-0.2, 0) is 4.74 Å². The molecule has 4 rings (SSSR count). The smallest absolute Gasteiger partial charge is 0.415 e. The van der Waals surface area contributed by atoms with Crippen LogP contribution in [0.1, 0.15) is 44.1 Å². The minimum atomic E-state index is -0.677. The quantitative estimate of drug-likeness (QED) is 0.433. The fourth-order valence-electron chi connectivity index (χ4n) is 4.02. The fraction of sp³-hybridized carbons (Fsp3) is 0.417. The van der Waals surface area contributed by atoms with Crippen LogP contribution in [0, 0.1) is 0 Å². The molecule has 3 aromatic heterocycles. The van der Waals surface area contributed by atoms with Crippen LogP contribution in [0.4, 0.5) is 16.2 Å². The minimum absolute atomic E-state index is 0.140. The van der Waals surface area contributed by atoms with Crippen LogP contribution in [0.25, 0.3) is 11.0 Å². The summed E-state index contributed by atoms with van der Waals surface area (Å²) in [5, 5.41) is 6.86. The molecule has 0 aliphatic carbocycles. The summed E-state index contributed by atoms with van der Waals surface area (Å²) in [7, 11) is 1.49. The van der Waals surface area contributed by atoms with Crippen LogP contribution < -0.4 is 20.3 Å². The van der Waals surface area contributed by atoms with E-state index in [4.69, 9.17) is 9.47 Å². The van der Waals surface area contributed by atoms with Crippen molar-refractivity contribution in [2.24, 2.45) is 0 Å². The summed E-state index contributed by atoms with van der Waals surface area (Å²) in [5.74, 6) is -0.0820. The predicted molar refractivity (Wildman–Crippen MR) is 137 cm³/mol. The molecule has 0 bridgehead atoms. The van der Waals surface area contributed by atoms with Crippen molar-refractivity contribution in [1.29, 1.82) is 0 Å². The Morgan fingerprint density at radius 2 is 2.09 bits per heavy atom. The maximum atomic E-state index is 13.5. The average molecular weight is 545 g/mol. The number of carbonyl (C=O) groups is 2. The maximum Gasteiger partial charge on any atom is 0.415 e. The van der Waals surface area contributed by atoms with E-state index < -0.39 is 17.6 Å². The molecule has 0 radical (unpaired) electrons. The number of carbonyl (C=O) groups excluding carboxylic acids is 2. The molecule has 10 nitrogen and oxygen atoms in total. The summed E-state index contributed by atoms with van der Waals surface area (Å²) < 4.78 is 11.5. The lowest BCUT2D eigenvalue weighted by Gasteiger charge is -2.36. The molecule has 0 saturated carbocycles. The molecule has 3 aromatic rings. The maximum absolute atomic E-state index is 13.5. The molecule has 1 atom stereocenters. The number of methoxy groups -OCH3 is 1.